The lowest BCUT2D eigenvalue weighted by atomic mass is 10.0. The number of methoxy groups -OCH3 is 1. The smallest absolute Gasteiger partial charge is 0.337 e. The van der Waals surface area contributed by atoms with Crippen LogP contribution < -0.4 is 4.74 Å². The highest BCUT2D eigenvalue weighted by molar-refractivity contribution is 6.39. The molecular formula is C31H21Cl3N2O4. The number of ether oxygens (including phenoxy) is 2. The summed E-state index contributed by atoms with van der Waals surface area (Å²) in [4.78, 5) is 15.2. The summed E-state index contributed by atoms with van der Waals surface area (Å²) in [6, 6.07) is 16.0. The van der Waals surface area contributed by atoms with Gasteiger partial charge < -0.3 is 19.0 Å². The fourth-order valence-electron chi connectivity index (χ4n) is 4.53. The number of aromatic nitrogens is 2. The highest BCUT2D eigenvalue weighted by atomic mass is 35.5. The predicted molar refractivity (Wildman–Crippen MR) is 155 cm³/mol. The number of benzene rings is 3. The van der Waals surface area contributed by atoms with Gasteiger partial charge in [0.15, 0.2) is 0 Å². The van der Waals surface area contributed by atoms with Crippen LogP contribution >= 0.6 is 34.8 Å². The van der Waals surface area contributed by atoms with E-state index in [4.69, 9.17) is 48.8 Å². The molecule has 1 fully saturated rings. The lowest BCUT2D eigenvalue weighted by molar-refractivity contribution is 0.0601. The molecule has 6 rings (SSSR count). The van der Waals surface area contributed by atoms with Gasteiger partial charge in [0.1, 0.15) is 23.8 Å². The van der Waals surface area contributed by atoms with Crippen LogP contribution in [-0.2, 0) is 11.3 Å². The molecule has 0 amide bonds. The molecule has 0 unspecified atom stereocenters. The van der Waals surface area contributed by atoms with Gasteiger partial charge >= 0.3 is 5.97 Å². The van der Waals surface area contributed by atoms with Crippen molar-refractivity contribution in [1.82, 2.24) is 10.1 Å². The maximum absolute atomic E-state index is 12.1. The van der Waals surface area contributed by atoms with Crippen LogP contribution in [0.25, 0.3) is 22.2 Å². The molecule has 1 aliphatic carbocycles. The minimum Gasteiger partial charge on any atom is -0.489 e. The van der Waals surface area contributed by atoms with Crippen LogP contribution in [0.4, 0.5) is 0 Å². The van der Waals surface area contributed by atoms with E-state index in [1.54, 1.807) is 54.7 Å². The summed E-state index contributed by atoms with van der Waals surface area (Å²) in [5.41, 5.74) is 4.52. The van der Waals surface area contributed by atoms with Gasteiger partial charge in [0, 0.05) is 45.8 Å². The molecule has 0 atom stereocenters. The summed E-state index contributed by atoms with van der Waals surface area (Å²) in [6.07, 6.45) is 3.87. The summed E-state index contributed by atoms with van der Waals surface area (Å²) in [5.74, 6) is 7.49. The van der Waals surface area contributed by atoms with Gasteiger partial charge in [0.25, 0.3) is 0 Å². The summed E-state index contributed by atoms with van der Waals surface area (Å²) < 4.78 is 16.7. The summed E-state index contributed by atoms with van der Waals surface area (Å²) in [5, 5.41) is 6.61. The second-order valence-electron chi connectivity index (χ2n) is 9.38. The van der Waals surface area contributed by atoms with E-state index in [2.05, 4.69) is 22.0 Å². The summed E-state index contributed by atoms with van der Waals surface area (Å²) in [6.45, 7) is 0.208. The molecule has 5 aromatic rings. The molecule has 0 aliphatic heterocycles. The molecule has 40 heavy (non-hydrogen) atoms. The number of hydrogen-bond donors (Lipinski definition) is 1. The van der Waals surface area contributed by atoms with Gasteiger partial charge in [-0.15, -0.1) is 0 Å². The molecule has 9 heteroatoms. The lowest BCUT2D eigenvalue weighted by Crippen LogP contribution is -2.01. The average Bonchev–Trinajstić information content (AvgIpc) is 3.53. The maximum Gasteiger partial charge on any atom is 0.337 e. The summed E-state index contributed by atoms with van der Waals surface area (Å²) in [7, 11) is 1.35. The van der Waals surface area contributed by atoms with E-state index in [1.807, 2.05) is 6.07 Å². The second-order valence-corrected chi connectivity index (χ2v) is 10.6. The number of halogens is 3. The van der Waals surface area contributed by atoms with Gasteiger partial charge in [-0.25, -0.2) is 4.79 Å². The van der Waals surface area contributed by atoms with Crippen molar-refractivity contribution in [3.8, 4) is 28.8 Å². The van der Waals surface area contributed by atoms with Crippen molar-refractivity contribution >= 4 is 51.7 Å². The fraction of sp³-hybridized carbons (Fsp3) is 0.161. The van der Waals surface area contributed by atoms with Gasteiger partial charge in [-0.1, -0.05) is 57.9 Å². The van der Waals surface area contributed by atoms with E-state index in [-0.39, 0.29) is 6.61 Å². The van der Waals surface area contributed by atoms with Crippen LogP contribution in [-0.4, -0.2) is 23.2 Å². The van der Waals surface area contributed by atoms with Gasteiger partial charge in [0.2, 0.25) is 0 Å². The highest BCUT2D eigenvalue weighted by Gasteiger charge is 2.33. The molecular weight excluding hydrogens is 571 g/mol. The van der Waals surface area contributed by atoms with Crippen molar-refractivity contribution in [3.05, 3.63) is 104 Å². The molecule has 0 saturated heterocycles. The molecule has 0 bridgehead atoms. The first-order valence-electron chi connectivity index (χ1n) is 12.5. The van der Waals surface area contributed by atoms with E-state index < -0.39 is 5.97 Å². The zero-order chi connectivity index (χ0) is 27.8. The van der Waals surface area contributed by atoms with Crippen molar-refractivity contribution in [2.75, 3.05) is 7.11 Å². The number of carbonyl (C=O) groups is 1. The Hall–Kier alpha value is -3.89. The van der Waals surface area contributed by atoms with Crippen LogP contribution in [0, 0.1) is 11.8 Å². The molecule has 1 N–H and O–H groups in total. The third-order valence-electron chi connectivity index (χ3n) is 6.71. The first-order valence-corrected chi connectivity index (χ1v) is 13.6. The van der Waals surface area contributed by atoms with E-state index in [9.17, 15) is 4.79 Å². The van der Waals surface area contributed by atoms with Gasteiger partial charge in [0.05, 0.1) is 33.3 Å². The number of fused-ring (bicyclic) bond motifs is 1. The van der Waals surface area contributed by atoms with Crippen molar-refractivity contribution in [2.45, 2.75) is 25.4 Å². The Balaban J connectivity index is 1.26. The first-order chi connectivity index (χ1) is 19.4. The lowest BCUT2D eigenvalue weighted by Gasteiger charge is -2.10. The molecule has 6 nitrogen and oxygen atoms in total. The molecule has 0 radical (unpaired) electrons. The Morgan fingerprint density at radius 3 is 2.52 bits per heavy atom. The van der Waals surface area contributed by atoms with Crippen molar-refractivity contribution in [3.63, 3.8) is 0 Å². The standard InChI is InChI=1S/C31H21Cl3N2O4/c1-38-31(37)20-13-19(22-11-12-35-27(22)14-20)8-5-17-9-10-21(15-26(17)34)39-16-23-29(36-40-30(23)18-6-7-18)28-24(32)3-2-4-25(28)33/h2-4,9-15,18,35H,6-7,16H2,1H3. The highest BCUT2D eigenvalue weighted by Crippen LogP contribution is 2.46. The van der Waals surface area contributed by atoms with Crippen LogP contribution in [0.2, 0.25) is 15.1 Å². The zero-order valence-corrected chi connectivity index (χ0v) is 23.5. The summed E-state index contributed by atoms with van der Waals surface area (Å²) >= 11 is 19.5. The Morgan fingerprint density at radius 1 is 1.02 bits per heavy atom. The van der Waals surface area contributed by atoms with Crippen LogP contribution in [0.5, 0.6) is 5.75 Å². The Labute approximate surface area is 245 Å². The second kappa shape index (κ2) is 10.9. The zero-order valence-electron chi connectivity index (χ0n) is 21.2. The fourth-order valence-corrected chi connectivity index (χ4v) is 5.33. The molecule has 2 heterocycles. The quantitative estimate of drug-likeness (QED) is 0.158. The molecule has 0 spiro atoms. The number of aromatic amines is 1. The Kier molecular flexibility index (Phi) is 7.20. The maximum atomic E-state index is 12.1. The number of nitrogens with zero attached hydrogens (tertiary/aromatic N) is 1. The van der Waals surface area contributed by atoms with E-state index >= 15 is 0 Å². The predicted octanol–water partition coefficient (Wildman–Crippen LogP) is 8.43. The first kappa shape index (κ1) is 26.3. The number of nitrogens with one attached hydrogen (secondary N) is 1. The van der Waals surface area contributed by atoms with Gasteiger partial charge in [-0.3, -0.25) is 0 Å². The minimum absolute atomic E-state index is 0.208. The molecule has 2 aromatic heterocycles. The number of H-pyrrole nitrogens is 1. The number of hydrogen-bond acceptors (Lipinski definition) is 5. The van der Waals surface area contributed by atoms with Crippen LogP contribution in [0.1, 0.15) is 51.6 Å². The molecule has 1 aliphatic rings. The van der Waals surface area contributed by atoms with Gasteiger partial charge in [-0.05, 0) is 55.3 Å². The van der Waals surface area contributed by atoms with Crippen LogP contribution in [0.3, 0.4) is 0 Å². The number of rotatable bonds is 6. The van der Waals surface area contributed by atoms with E-state index in [1.165, 1.54) is 7.11 Å². The minimum atomic E-state index is -0.434. The van der Waals surface area contributed by atoms with Crippen LogP contribution in [0.15, 0.2) is 65.3 Å². The largest absolute Gasteiger partial charge is 0.489 e. The average molecular weight is 592 g/mol. The molecule has 1 saturated carbocycles. The number of esters is 1. The monoisotopic (exact) mass is 590 g/mol. The van der Waals surface area contributed by atoms with Gasteiger partial charge in [-0.2, -0.15) is 0 Å². The van der Waals surface area contributed by atoms with Crippen molar-refractivity contribution in [1.29, 1.82) is 0 Å². The van der Waals surface area contributed by atoms with Crippen molar-refractivity contribution in [2.24, 2.45) is 0 Å². The van der Waals surface area contributed by atoms with E-state index in [0.29, 0.717) is 54.7 Å². The van der Waals surface area contributed by atoms with E-state index in [0.717, 1.165) is 35.1 Å². The Bertz CT molecular complexity index is 1810. The third-order valence-corrected chi connectivity index (χ3v) is 7.65. The molecule has 200 valence electrons. The normalized spacial score (nSPS) is 12.7. The molecule has 3 aromatic carbocycles. The van der Waals surface area contributed by atoms with Crippen molar-refractivity contribution < 1.29 is 18.8 Å². The topological polar surface area (TPSA) is 77.3 Å². The third kappa shape index (κ3) is 5.16. The Morgan fingerprint density at radius 2 is 1.80 bits per heavy atom. The number of carbonyl (C=O) groups excluding carboxylic acids is 1. The SMILES string of the molecule is COC(=O)c1cc(C#Cc2ccc(OCc3c(-c4c(Cl)cccc4Cl)noc3C3CC3)cc2Cl)c2cc[nH]c2c1.